The Morgan fingerprint density at radius 2 is 2.29 bits per heavy atom. The SMILES string of the molecule is C/C(=C\C=O)[C@H]1CC[C@@](C)(O)[C@@H](Br)C1. The molecule has 3 heteroatoms. The van der Waals surface area contributed by atoms with Gasteiger partial charge in [-0.15, -0.1) is 0 Å². The highest BCUT2D eigenvalue weighted by atomic mass is 79.9. The van der Waals surface area contributed by atoms with Crippen LogP contribution < -0.4 is 0 Å². The molecule has 14 heavy (non-hydrogen) atoms. The van der Waals surface area contributed by atoms with Crippen LogP contribution in [0.3, 0.4) is 0 Å². The third-order valence-electron chi connectivity index (χ3n) is 3.14. The molecule has 0 heterocycles. The molecule has 0 aromatic rings. The van der Waals surface area contributed by atoms with Crippen molar-refractivity contribution < 1.29 is 9.90 Å². The minimum Gasteiger partial charge on any atom is -0.389 e. The number of rotatable bonds is 2. The van der Waals surface area contributed by atoms with E-state index < -0.39 is 5.60 Å². The van der Waals surface area contributed by atoms with Crippen molar-refractivity contribution in [2.45, 2.75) is 43.5 Å². The summed E-state index contributed by atoms with van der Waals surface area (Å²) < 4.78 is 0. The lowest BCUT2D eigenvalue weighted by molar-refractivity contribution is -0.104. The Morgan fingerprint density at radius 3 is 2.79 bits per heavy atom. The number of aliphatic hydroxyl groups is 1. The van der Waals surface area contributed by atoms with E-state index in [0.717, 1.165) is 31.1 Å². The number of carbonyl (C=O) groups excluding carboxylic acids is 1. The lowest BCUT2D eigenvalue weighted by Gasteiger charge is -2.38. The zero-order chi connectivity index (χ0) is 10.8. The predicted molar refractivity (Wildman–Crippen MR) is 60.5 cm³/mol. The zero-order valence-electron chi connectivity index (χ0n) is 8.66. The van der Waals surface area contributed by atoms with Gasteiger partial charge in [0.25, 0.3) is 0 Å². The maximum Gasteiger partial charge on any atom is 0.142 e. The van der Waals surface area contributed by atoms with Crippen molar-refractivity contribution in [3.8, 4) is 0 Å². The molecule has 0 aliphatic heterocycles. The first kappa shape index (κ1) is 11.9. The van der Waals surface area contributed by atoms with E-state index in [1.807, 2.05) is 13.8 Å². The minimum absolute atomic E-state index is 0.128. The van der Waals surface area contributed by atoms with Crippen molar-refractivity contribution >= 4 is 22.2 Å². The Hall–Kier alpha value is -0.150. The Labute approximate surface area is 93.5 Å². The minimum atomic E-state index is -0.599. The van der Waals surface area contributed by atoms with Gasteiger partial charge in [-0.3, -0.25) is 4.79 Å². The average molecular weight is 261 g/mol. The molecule has 0 unspecified atom stereocenters. The highest BCUT2D eigenvalue weighted by Gasteiger charge is 2.36. The van der Waals surface area contributed by atoms with E-state index in [1.54, 1.807) is 6.08 Å². The van der Waals surface area contributed by atoms with Gasteiger partial charge in [0.05, 0.1) is 5.60 Å². The molecule has 1 aliphatic carbocycles. The van der Waals surface area contributed by atoms with Gasteiger partial charge >= 0.3 is 0 Å². The number of hydrogen-bond donors (Lipinski definition) is 1. The molecule has 0 aromatic heterocycles. The van der Waals surface area contributed by atoms with Crippen molar-refractivity contribution in [1.82, 2.24) is 0 Å². The molecule has 1 saturated carbocycles. The third-order valence-corrected chi connectivity index (χ3v) is 4.50. The topological polar surface area (TPSA) is 37.3 Å². The molecule has 0 bridgehead atoms. The predicted octanol–water partition coefficient (Wildman–Crippen LogP) is 2.45. The van der Waals surface area contributed by atoms with E-state index in [9.17, 15) is 9.90 Å². The van der Waals surface area contributed by atoms with Crippen LogP contribution >= 0.6 is 15.9 Å². The number of alkyl halides is 1. The van der Waals surface area contributed by atoms with Gasteiger partial charge in [0.1, 0.15) is 6.29 Å². The summed E-state index contributed by atoms with van der Waals surface area (Å²) in [7, 11) is 0. The molecular weight excluding hydrogens is 244 g/mol. The monoisotopic (exact) mass is 260 g/mol. The Balaban J connectivity index is 2.63. The van der Waals surface area contributed by atoms with Crippen molar-refractivity contribution in [3.63, 3.8) is 0 Å². The maximum absolute atomic E-state index is 10.3. The maximum atomic E-state index is 10.3. The number of aldehydes is 1. The van der Waals surface area contributed by atoms with Gasteiger partial charge in [0.2, 0.25) is 0 Å². The molecule has 1 fully saturated rings. The molecule has 2 nitrogen and oxygen atoms in total. The second-order valence-corrected chi connectivity index (χ2v) is 5.45. The van der Waals surface area contributed by atoms with E-state index >= 15 is 0 Å². The summed E-state index contributed by atoms with van der Waals surface area (Å²) in [4.78, 5) is 10.5. The first-order chi connectivity index (χ1) is 6.47. The largest absolute Gasteiger partial charge is 0.389 e. The zero-order valence-corrected chi connectivity index (χ0v) is 10.3. The van der Waals surface area contributed by atoms with Crippen LogP contribution in [0.1, 0.15) is 33.1 Å². The second kappa shape index (κ2) is 4.58. The summed E-state index contributed by atoms with van der Waals surface area (Å²) in [6.07, 6.45) is 5.13. The molecule has 1 rings (SSSR count). The van der Waals surface area contributed by atoms with Crippen LogP contribution in [0.4, 0.5) is 0 Å². The van der Waals surface area contributed by atoms with E-state index in [0.29, 0.717) is 5.92 Å². The molecule has 0 aromatic carbocycles. The summed E-state index contributed by atoms with van der Waals surface area (Å²) in [5.74, 6) is 0.435. The highest BCUT2D eigenvalue weighted by molar-refractivity contribution is 9.09. The number of hydrogen-bond acceptors (Lipinski definition) is 2. The molecule has 1 N–H and O–H groups in total. The van der Waals surface area contributed by atoms with E-state index in [-0.39, 0.29) is 4.83 Å². The van der Waals surface area contributed by atoms with Gasteiger partial charge in [-0.25, -0.2) is 0 Å². The fourth-order valence-corrected chi connectivity index (χ4v) is 2.58. The lowest BCUT2D eigenvalue weighted by atomic mass is 9.77. The molecule has 0 amide bonds. The second-order valence-electron chi connectivity index (χ2n) is 4.34. The van der Waals surface area contributed by atoms with Crippen LogP contribution in [-0.4, -0.2) is 21.8 Å². The quantitative estimate of drug-likeness (QED) is 0.471. The Bertz CT molecular complexity index is 246. The van der Waals surface area contributed by atoms with E-state index in [2.05, 4.69) is 15.9 Å². The van der Waals surface area contributed by atoms with Crippen LogP contribution in [-0.2, 0) is 4.79 Å². The molecular formula is C11H17BrO2. The number of halogens is 1. The number of carbonyl (C=O) groups is 1. The Kier molecular flexibility index (Phi) is 3.90. The van der Waals surface area contributed by atoms with Crippen LogP contribution in [0, 0.1) is 5.92 Å². The van der Waals surface area contributed by atoms with Crippen molar-refractivity contribution in [2.75, 3.05) is 0 Å². The molecule has 0 spiro atoms. The average Bonchev–Trinajstić information content (AvgIpc) is 2.10. The summed E-state index contributed by atoms with van der Waals surface area (Å²) in [5, 5.41) is 9.94. The van der Waals surface area contributed by atoms with E-state index in [1.165, 1.54) is 0 Å². The van der Waals surface area contributed by atoms with Crippen molar-refractivity contribution in [3.05, 3.63) is 11.6 Å². The van der Waals surface area contributed by atoms with Gasteiger partial charge in [-0.2, -0.15) is 0 Å². The van der Waals surface area contributed by atoms with Crippen molar-refractivity contribution in [2.24, 2.45) is 5.92 Å². The van der Waals surface area contributed by atoms with Gasteiger partial charge in [-0.05, 0) is 45.1 Å². The van der Waals surface area contributed by atoms with Gasteiger partial charge in [0, 0.05) is 4.83 Å². The normalized spacial score (nSPS) is 39.6. The van der Waals surface area contributed by atoms with Crippen LogP contribution in [0.15, 0.2) is 11.6 Å². The molecule has 80 valence electrons. The van der Waals surface area contributed by atoms with E-state index in [4.69, 9.17) is 0 Å². The molecule has 0 saturated heterocycles. The van der Waals surface area contributed by atoms with Gasteiger partial charge in [-0.1, -0.05) is 21.5 Å². The third kappa shape index (κ3) is 2.67. The summed E-state index contributed by atoms with van der Waals surface area (Å²) >= 11 is 3.50. The van der Waals surface area contributed by atoms with Crippen LogP contribution in [0.25, 0.3) is 0 Å². The molecule has 1 aliphatic rings. The highest BCUT2D eigenvalue weighted by Crippen LogP contribution is 2.39. The Morgan fingerprint density at radius 1 is 1.64 bits per heavy atom. The van der Waals surface area contributed by atoms with Gasteiger partial charge < -0.3 is 5.11 Å². The summed E-state index contributed by atoms with van der Waals surface area (Å²) in [6.45, 7) is 3.85. The standard InChI is InChI=1S/C11H17BrO2/c1-8(4-6-13)9-3-5-11(2,14)10(12)7-9/h4,6,9-10,14H,3,5,7H2,1-2H3/b8-4+/t9-,10-,11+/m0/s1. The fraction of sp³-hybridized carbons (Fsp3) is 0.727. The fourth-order valence-electron chi connectivity index (χ4n) is 1.90. The first-order valence-electron chi connectivity index (χ1n) is 4.96. The summed E-state index contributed by atoms with van der Waals surface area (Å²) in [6, 6.07) is 0. The lowest BCUT2D eigenvalue weighted by Crippen LogP contribution is -2.41. The van der Waals surface area contributed by atoms with Crippen molar-refractivity contribution in [1.29, 1.82) is 0 Å². The smallest absolute Gasteiger partial charge is 0.142 e. The number of allylic oxidation sites excluding steroid dienone is 2. The molecule has 3 atom stereocenters. The first-order valence-corrected chi connectivity index (χ1v) is 5.87. The molecule has 0 radical (unpaired) electrons. The van der Waals surface area contributed by atoms with Crippen LogP contribution in [0.2, 0.25) is 0 Å². The van der Waals surface area contributed by atoms with Crippen LogP contribution in [0.5, 0.6) is 0 Å². The summed E-state index contributed by atoms with van der Waals surface area (Å²) in [5.41, 5.74) is 0.526. The van der Waals surface area contributed by atoms with Gasteiger partial charge in [0.15, 0.2) is 0 Å².